The predicted molar refractivity (Wildman–Crippen MR) is 73.6 cm³/mol. The molecule has 2 N–H and O–H groups in total. The summed E-state index contributed by atoms with van der Waals surface area (Å²) in [5, 5.41) is 13.2. The van der Waals surface area contributed by atoms with Crippen LogP contribution in [-0.2, 0) is 6.42 Å². The molecule has 0 spiro atoms. The Morgan fingerprint density at radius 2 is 2.00 bits per heavy atom. The highest BCUT2D eigenvalue weighted by Crippen LogP contribution is 2.34. The molecule has 0 fully saturated rings. The maximum Gasteiger partial charge on any atom is 0.152 e. The van der Waals surface area contributed by atoms with Crippen LogP contribution in [0, 0.1) is 0 Å². The van der Waals surface area contributed by atoms with Crippen LogP contribution in [0.4, 0.5) is 5.69 Å². The molecule has 0 aliphatic rings. The van der Waals surface area contributed by atoms with Gasteiger partial charge in [-0.05, 0) is 31.2 Å². The van der Waals surface area contributed by atoms with E-state index in [1.54, 1.807) is 18.4 Å². The van der Waals surface area contributed by atoms with Crippen molar-refractivity contribution < 1.29 is 9.52 Å². The Morgan fingerprint density at radius 3 is 2.56 bits per heavy atom. The highest BCUT2D eigenvalue weighted by atomic mass is 35.5. The van der Waals surface area contributed by atoms with Gasteiger partial charge < -0.3 is 14.8 Å². The van der Waals surface area contributed by atoms with E-state index in [4.69, 9.17) is 27.6 Å². The fourth-order valence-electron chi connectivity index (χ4n) is 1.71. The molecule has 2 aromatic rings. The molecule has 0 aliphatic heterocycles. The highest BCUT2D eigenvalue weighted by molar-refractivity contribution is 6.37. The summed E-state index contributed by atoms with van der Waals surface area (Å²) in [5.74, 6) is 0.813. The first-order valence-corrected chi connectivity index (χ1v) is 6.29. The number of hydrogen-bond acceptors (Lipinski definition) is 3. The van der Waals surface area contributed by atoms with E-state index in [0.717, 1.165) is 17.9 Å². The number of anilines is 1. The molecular formula is C13H13Cl2NO2. The molecule has 0 saturated carbocycles. The van der Waals surface area contributed by atoms with Crippen LogP contribution in [-0.4, -0.2) is 11.1 Å². The van der Waals surface area contributed by atoms with Gasteiger partial charge in [0, 0.05) is 18.2 Å². The summed E-state index contributed by atoms with van der Waals surface area (Å²) < 4.78 is 5.28. The van der Waals surface area contributed by atoms with Crippen LogP contribution in [0.2, 0.25) is 10.0 Å². The summed E-state index contributed by atoms with van der Waals surface area (Å²) >= 11 is 11.7. The summed E-state index contributed by atoms with van der Waals surface area (Å²) in [7, 11) is 0. The molecule has 1 heterocycles. The lowest BCUT2D eigenvalue weighted by molar-refractivity contribution is 0.476. The predicted octanol–water partition coefficient (Wildman–Crippen LogP) is 4.34. The molecule has 2 rings (SSSR count). The Balaban J connectivity index is 2.05. The molecule has 0 bridgehead atoms. The lowest BCUT2D eigenvalue weighted by atomic mass is 10.2. The summed E-state index contributed by atoms with van der Waals surface area (Å²) in [6.45, 7) is 2.02. The van der Waals surface area contributed by atoms with Gasteiger partial charge in [-0.3, -0.25) is 0 Å². The van der Waals surface area contributed by atoms with Crippen LogP contribution in [0.5, 0.6) is 5.75 Å². The van der Waals surface area contributed by atoms with Crippen molar-refractivity contribution >= 4 is 28.9 Å². The number of rotatable bonds is 4. The first-order chi connectivity index (χ1) is 8.56. The third-order valence-corrected chi connectivity index (χ3v) is 3.09. The molecule has 18 heavy (non-hydrogen) atoms. The molecule has 3 nitrogen and oxygen atoms in total. The van der Waals surface area contributed by atoms with Gasteiger partial charge in [0.15, 0.2) is 5.75 Å². The largest absolute Gasteiger partial charge is 0.505 e. The molecule has 1 aromatic carbocycles. The number of phenolic OH excluding ortho intramolecular Hbond substituents is 1. The van der Waals surface area contributed by atoms with E-state index in [-0.39, 0.29) is 21.8 Å². The monoisotopic (exact) mass is 285 g/mol. The van der Waals surface area contributed by atoms with Gasteiger partial charge in [-0.2, -0.15) is 0 Å². The molecule has 1 unspecified atom stereocenters. The van der Waals surface area contributed by atoms with Gasteiger partial charge in [0.25, 0.3) is 0 Å². The topological polar surface area (TPSA) is 45.4 Å². The van der Waals surface area contributed by atoms with E-state index in [0.29, 0.717) is 0 Å². The Bertz CT molecular complexity index is 503. The summed E-state index contributed by atoms with van der Waals surface area (Å²) in [5.41, 5.74) is 0.766. The zero-order valence-electron chi connectivity index (χ0n) is 9.78. The molecule has 1 atom stereocenters. The average Bonchev–Trinajstić information content (AvgIpc) is 2.78. The minimum absolute atomic E-state index is 0.0948. The van der Waals surface area contributed by atoms with Gasteiger partial charge in [-0.25, -0.2) is 0 Å². The SMILES string of the molecule is CC(Cc1ccco1)Nc1cc(Cl)c(O)c(Cl)c1. The maximum absolute atomic E-state index is 9.47. The Kier molecular flexibility index (Phi) is 4.04. The van der Waals surface area contributed by atoms with Gasteiger partial charge in [-0.1, -0.05) is 23.2 Å². The van der Waals surface area contributed by atoms with Crippen molar-refractivity contribution in [1.29, 1.82) is 0 Å². The summed E-state index contributed by atoms with van der Waals surface area (Å²) in [6, 6.07) is 7.22. The lowest BCUT2D eigenvalue weighted by Crippen LogP contribution is -2.17. The molecule has 1 aromatic heterocycles. The summed E-state index contributed by atoms with van der Waals surface area (Å²) in [4.78, 5) is 0. The number of hydrogen-bond donors (Lipinski definition) is 2. The fraction of sp³-hybridized carbons (Fsp3) is 0.231. The number of furan rings is 1. The first kappa shape index (κ1) is 13.1. The van der Waals surface area contributed by atoms with E-state index in [1.807, 2.05) is 19.1 Å². The third-order valence-electron chi connectivity index (χ3n) is 2.52. The number of halogens is 2. The lowest BCUT2D eigenvalue weighted by Gasteiger charge is -2.15. The van der Waals surface area contributed by atoms with E-state index < -0.39 is 0 Å². The molecule has 96 valence electrons. The average molecular weight is 286 g/mol. The fourth-order valence-corrected chi connectivity index (χ4v) is 2.20. The van der Waals surface area contributed by atoms with Crippen LogP contribution >= 0.6 is 23.2 Å². The van der Waals surface area contributed by atoms with Crippen molar-refractivity contribution in [2.45, 2.75) is 19.4 Å². The van der Waals surface area contributed by atoms with E-state index >= 15 is 0 Å². The smallest absolute Gasteiger partial charge is 0.152 e. The van der Waals surface area contributed by atoms with E-state index in [9.17, 15) is 5.11 Å². The quantitative estimate of drug-likeness (QED) is 0.822. The minimum atomic E-state index is -0.0948. The number of phenols is 1. The molecular weight excluding hydrogens is 273 g/mol. The van der Waals surface area contributed by atoms with Crippen LogP contribution in [0.15, 0.2) is 34.9 Å². The highest BCUT2D eigenvalue weighted by Gasteiger charge is 2.10. The van der Waals surface area contributed by atoms with E-state index in [1.165, 1.54) is 0 Å². The number of aromatic hydroxyl groups is 1. The molecule has 0 amide bonds. The maximum atomic E-state index is 9.47. The Labute approximate surface area is 115 Å². The minimum Gasteiger partial charge on any atom is -0.505 e. The first-order valence-electron chi connectivity index (χ1n) is 5.53. The van der Waals surface area contributed by atoms with Crippen LogP contribution in [0.25, 0.3) is 0 Å². The second-order valence-corrected chi connectivity index (χ2v) is 4.93. The Hall–Kier alpha value is -1.32. The van der Waals surface area contributed by atoms with Crippen LogP contribution < -0.4 is 5.32 Å². The van der Waals surface area contributed by atoms with Crippen molar-refractivity contribution in [3.05, 3.63) is 46.3 Å². The zero-order valence-corrected chi connectivity index (χ0v) is 11.3. The van der Waals surface area contributed by atoms with Gasteiger partial charge >= 0.3 is 0 Å². The van der Waals surface area contributed by atoms with E-state index in [2.05, 4.69) is 5.32 Å². The van der Waals surface area contributed by atoms with Crippen LogP contribution in [0.3, 0.4) is 0 Å². The summed E-state index contributed by atoms with van der Waals surface area (Å²) in [6.07, 6.45) is 2.40. The van der Waals surface area contributed by atoms with Crippen LogP contribution in [0.1, 0.15) is 12.7 Å². The second kappa shape index (κ2) is 5.55. The van der Waals surface area contributed by atoms with Crippen molar-refractivity contribution in [3.63, 3.8) is 0 Å². The normalized spacial score (nSPS) is 12.4. The molecule has 5 heteroatoms. The Morgan fingerprint density at radius 1 is 1.33 bits per heavy atom. The van der Waals surface area contributed by atoms with Crippen molar-refractivity contribution in [2.75, 3.05) is 5.32 Å². The van der Waals surface area contributed by atoms with Gasteiger partial charge in [-0.15, -0.1) is 0 Å². The van der Waals surface area contributed by atoms with Crippen molar-refractivity contribution in [3.8, 4) is 5.75 Å². The van der Waals surface area contributed by atoms with Crippen molar-refractivity contribution in [2.24, 2.45) is 0 Å². The third kappa shape index (κ3) is 3.12. The molecule has 0 aliphatic carbocycles. The number of nitrogens with one attached hydrogen (secondary N) is 1. The molecule has 0 radical (unpaired) electrons. The standard InChI is InChI=1S/C13H13Cl2NO2/c1-8(5-10-3-2-4-18-10)16-9-6-11(14)13(17)12(15)7-9/h2-4,6-8,16-17H,5H2,1H3. The van der Waals surface area contributed by atoms with Crippen molar-refractivity contribution in [1.82, 2.24) is 0 Å². The van der Waals surface area contributed by atoms with Gasteiger partial charge in [0.2, 0.25) is 0 Å². The second-order valence-electron chi connectivity index (χ2n) is 4.12. The number of benzene rings is 1. The van der Waals surface area contributed by atoms with Gasteiger partial charge in [0.1, 0.15) is 5.76 Å². The van der Waals surface area contributed by atoms with Gasteiger partial charge in [0.05, 0.1) is 16.3 Å². The molecule has 0 saturated heterocycles. The zero-order chi connectivity index (χ0) is 13.1.